The minimum absolute atomic E-state index is 0.0903. The molecule has 0 bridgehead atoms. The lowest BCUT2D eigenvalue weighted by Gasteiger charge is -2.10. The zero-order valence-corrected chi connectivity index (χ0v) is 12.9. The second kappa shape index (κ2) is 7.14. The zero-order chi connectivity index (χ0) is 15.2. The van der Waals surface area contributed by atoms with Crippen molar-refractivity contribution in [1.82, 2.24) is 0 Å². The molecule has 0 aliphatic rings. The van der Waals surface area contributed by atoms with Gasteiger partial charge in [0.2, 0.25) is 5.91 Å². The first kappa shape index (κ1) is 15.4. The molecule has 1 N–H and O–H groups in total. The summed E-state index contributed by atoms with van der Waals surface area (Å²) >= 11 is 5.92. The molecule has 0 radical (unpaired) electrons. The van der Waals surface area contributed by atoms with Gasteiger partial charge >= 0.3 is 0 Å². The Hall–Kier alpha value is -2.00. The molecule has 3 nitrogen and oxygen atoms in total. The lowest BCUT2D eigenvalue weighted by Crippen LogP contribution is -2.15. The molecule has 1 amide bonds. The number of hydrogen-bond donors (Lipinski definition) is 1. The SMILES string of the molecule is Cc1ccc(OCCC(=O)Nc2cc(Cl)ccc2C)cc1. The Morgan fingerprint density at radius 2 is 1.86 bits per heavy atom. The Kier molecular flexibility index (Phi) is 5.23. The minimum Gasteiger partial charge on any atom is -0.493 e. The molecule has 0 heterocycles. The quantitative estimate of drug-likeness (QED) is 0.891. The van der Waals surface area contributed by atoms with E-state index in [4.69, 9.17) is 16.3 Å². The molecular weight excluding hydrogens is 286 g/mol. The second-order valence-corrected chi connectivity index (χ2v) is 5.36. The second-order valence-electron chi connectivity index (χ2n) is 4.92. The number of hydrogen-bond acceptors (Lipinski definition) is 2. The van der Waals surface area contributed by atoms with Crippen LogP contribution in [0, 0.1) is 13.8 Å². The van der Waals surface area contributed by atoms with Gasteiger partial charge in [0.15, 0.2) is 0 Å². The lowest BCUT2D eigenvalue weighted by atomic mass is 10.2. The third-order valence-corrected chi connectivity index (χ3v) is 3.33. The third-order valence-electron chi connectivity index (χ3n) is 3.09. The summed E-state index contributed by atoms with van der Waals surface area (Å²) in [4.78, 5) is 11.9. The van der Waals surface area contributed by atoms with Gasteiger partial charge in [0.1, 0.15) is 5.75 Å². The Labute approximate surface area is 129 Å². The van der Waals surface area contributed by atoms with Crippen molar-refractivity contribution in [2.24, 2.45) is 0 Å². The van der Waals surface area contributed by atoms with Gasteiger partial charge in [0.25, 0.3) is 0 Å². The van der Waals surface area contributed by atoms with Crippen LogP contribution in [0.4, 0.5) is 5.69 Å². The van der Waals surface area contributed by atoms with Crippen molar-refractivity contribution in [2.75, 3.05) is 11.9 Å². The summed E-state index contributed by atoms with van der Waals surface area (Å²) in [5.41, 5.74) is 2.89. The van der Waals surface area contributed by atoms with E-state index in [-0.39, 0.29) is 5.91 Å². The van der Waals surface area contributed by atoms with Crippen LogP contribution in [0.1, 0.15) is 17.5 Å². The van der Waals surface area contributed by atoms with E-state index < -0.39 is 0 Å². The summed E-state index contributed by atoms with van der Waals surface area (Å²) in [5, 5.41) is 3.45. The molecule has 21 heavy (non-hydrogen) atoms. The fourth-order valence-electron chi connectivity index (χ4n) is 1.84. The van der Waals surface area contributed by atoms with E-state index >= 15 is 0 Å². The Balaban J connectivity index is 1.82. The molecule has 110 valence electrons. The molecular formula is C17H18ClNO2. The zero-order valence-electron chi connectivity index (χ0n) is 12.2. The van der Waals surface area contributed by atoms with Crippen molar-refractivity contribution >= 4 is 23.2 Å². The van der Waals surface area contributed by atoms with Gasteiger partial charge in [0.05, 0.1) is 13.0 Å². The predicted octanol–water partition coefficient (Wildman–Crippen LogP) is 4.36. The minimum atomic E-state index is -0.0903. The summed E-state index contributed by atoms with van der Waals surface area (Å²) < 4.78 is 5.54. The predicted molar refractivity (Wildman–Crippen MR) is 86.1 cm³/mol. The molecule has 4 heteroatoms. The summed E-state index contributed by atoms with van der Waals surface area (Å²) in [7, 11) is 0. The van der Waals surface area contributed by atoms with Crippen LogP contribution < -0.4 is 10.1 Å². The molecule has 0 aliphatic heterocycles. The molecule has 2 aromatic rings. The number of aryl methyl sites for hydroxylation is 2. The standard InChI is InChI=1S/C17H18ClNO2/c1-12-3-7-15(8-4-12)21-10-9-17(20)19-16-11-14(18)6-5-13(16)2/h3-8,11H,9-10H2,1-2H3,(H,19,20). The van der Waals surface area contributed by atoms with Crippen LogP contribution in [0.25, 0.3) is 0 Å². The van der Waals surface area contributed by atoms with Crippen LogP contribution in [-0.2, 0) is 4.79 Å². The average Bonchev–Trinajstić information content (AvgIpc) is 2.45. The highest BCUT2D eigenvalue weighted by molar-refractivity contribution is 6.31. The molecule has 0 aromatic heterocycles. The first-order valence-corrected chi connectivity index (χ1v) is 7.18. The topological polar surface area (TPSA) is 38.3 Å². The number of nitrogens with one attached hydrogen (secondary N) is 1. The first-order chi connectivity index (χ1) is 10.0. The van der Waals surface area contributed by atoms with E-state index in [1.54, 1.807) is 12.1 Å². The smallest absolute Gasteiger partial charge is 0.227 e. The number of ether oxygens (including phenoxy) is 1. The summed E-state index contributed by atoms with van der Waals surface area (Å²) in [6.07, 6.45) is 0.291. The summed E-state index contributed by atoms with van der Waals surface area (Å²) in [6.45, 7) is 4.29. The number of amides is 1. The third kappa shape index (κ3) is 4.80. The number of anilines is 1. The molecule has 0 unspecified atom stereocenters. The Bertz CT molecular complexity index is 623. The highest BCUT2D eigenvalue weighted by atomic mass is 35.5. The molecule has 2 aromatic carbocycles. The van der Waals surface area contributed by atoms with Crippen LogP contribution in [0.5, 0.6) is 5.75 Å². The van der Waals surface area contributed by atoms with E-state index in [1.165, 1.54) is 5.56 Å². The summed E-state index contributed by atoms with van der Waals surface area (Å²) in [6, 6.07) is 13.2. The Morgan fingerprint density at radius 1 is 1.14 bits per heavy atom. The van der Waals surface area contributed by atoms with E-state index in [9.17, 15) is 4.79 Å². The Morgan fingerprint density at radius 3 is 2.57 bits per heavy atom. The highest BCUT2D eigenvalue weighted by Gasteiger charge is 2.06. The molecule has 0 atom stereocenters. The van der Waals surface area contributed by atoms with Crippen molar-refractivity contribution in [3.05, 3.63) is 58.6 Å². The number of benzene rings is 2. The number of carbonyl (C=O) groups excluding carboxylic acids is 1. The van der Waals surface area contributed by atoms with Gasteiger partial charge in [-0.15, -0.1) is 0 Å². The van der Waals surface area contributed by atoms with Crippen LogP contribution in [0.2, 0.25) is 5.02 Å². The van der Waals surface area contributed by atoms with Gasteiger partial charge in [0, 0.05) is 10.7 Å². The molecule has 0 saturated heterocycles. The van der Waals surface area contributed by atoms with E-state index in [0.29, 0.717) is 18.1 Å². The van der Waals surface area contributed by atoms with Gasteiger partial charge in [-0.25, -0.2) is 0 Å². The molecule has 0 saturated carbocycles. The van der Waals surface area contributed by atoms with E-state index in [1.807, 2.05) is 44.2 Å². The largest absolute Gasteiger partial charge is 0.493 e. The molecule has 0 aliphatic carbocycles. The monoisotopic (exact) mass is 303 g/mol. The first-order valence-electron chi connectivity index (χ1n) is 6.80. The van der Waals surface area contributed by atoms with Crippen molar-refractivity contribution in [3.8, 4) is 5.75 Å². The number of carbonyl (C=O) groups is 1. The van der Waals surface area contributed by atoms with Crippen LogP contribution in [0.15, 0.2) is 42.5 Å². The number of rotatable bonds is 5. The average molecular weight is 304 g/mol. The van der Waals surface area contributed by atoms with Crippen LogP contribution in [-0.4, -0.2) is 12.5 Å². The molecule has 0 spiro atoms. The van der Waals surface area contributed by atoms with Gasteiger partial charge in [-0.1, -0.05) is 35.4 Å². The van der Waals surface area contributed by atoms with E-state index in [2.05, 4.69) is 5.32 Å². The maximum atomic E-state index is 11.9. The van der Waals surface area contributed by atoms with Crippen molar-refractivity contribution < 1.29 is 9.53 Å². The van der Waals surface area contributed by atoms with Crippen molar-refractivity contribution in [2.45, 2.75) is 20.3 Å². The number of halogens is 1. The van der Waals surface area contributed by atoms with Gasteiger partial charge in [-0.3, -0.25) is 4.79 Å². The van der Waals surface area contributed by atoms with E-state index in [0.717, 1.165) is 17.0 Å². The molecule has 2 rings (SSSR count). The fraction of sp³-hybridized carbons (Fsp3) is 0.235. The van der Waals surface area contributed by atoms with Gasteiger partial charge < -0.3 is 10.1 Å². The van der Waals surface area contributed by atoms with Gasteiger partial charge in [-0.2, -0.15) is 0 Å². The van der Waals surface area contributed by atoms with Gasteiger partial charge in [-0.05, 0) is 43.7 Å². The highest BCUT2D eigenvalue weighted by Crippen LogP contribution is 2.20. The maximum absolute atomic E-state index is 11.9. The van der Waals surface area contributed by atoms with Crippen molar-refractivity contribution in [3.63, 3.8) is 0 Å². The normalized spacial score (nSPS) is 10.2. The van der Waals surface area contributed by atoms with Crippen LogP contribution >= 0.6 is 11.6 Å². The lowest BCUT2D eigenvalue weighted by molar-refractivity contribution is -0.116. The van der Waals surface area contributed by atoms with Crippen LogP contribution in [0.3, 0.4) is 0 Å². The van der Waals surface area contributed by atoms with Crippen molar-refractivity contribution in [1.29, 1.82) is 0 Å². The fourth-order valence-corrected chi connectivity index (χ4v) is 2.01. The maximum Gasteiger partial charge on any atom is 0.227 e. The summed E-state index contributed by atoms with van der Waals surface area (Å²) in [5.74, 6) is 0.680. The molecule has 0 fully saturated rings.